The highest BCUT2D eigenvalue weighted by Gasteiger charge is 2.12. The van der Waals surface area contributed by atoms with E-state index in [-0.39, 0.29) is 5.56 Å². The third kappa shape index (κ3) is 4.87. The van der Waals surface area contributed by atoms with Gasteiger partial charge in [0.15, 0.2) is 6.61 Å². The minimum atomic E-state index is -0.628. The Morgan fingerprint density at radius 3 is 2.65 bits per heavy atom. The maximum Gasteiger partial charge on any atom is 0.338 e. The SMILES string of the molecule is COc1cccc(C(=O)OCC(=O)Nc2cc(Cl)ccc2Cl)c1. The molecule has 0 radical (unpaired) electrons. The molecule has 0 unspecified atom stereocenters. The second-order valence-corrected chi connectivity index (χ2v) is 5.32. The van der Waals surface area contributed by atoms with E-state index in [1.165, 1.54) is 19.2 Å². The lowest BCUT2D eigenvalue weighted by Crippen LogP contribution is -2.21. The van der Waals surface area contributed by atoms with E-state index < -0.39 is 18.5 Å². The summed E-state index contributed by atoms with van der Waals surface area (Å²) in [5.74, 6) is -0.628. The number of amides is 1. The molecule has 23 heavy (non-hydrogen) atoms. The molecule has 0 spiro atoms. The Morgan fingerprint density at radius 1 is 1.13 bits per heavy atom. The summed E-state index contributed by atoms with van der Waals surface area (Å²) in [5, 5.41) is 3.29. The van der Waals surface area contributed by atoms with E-state index in [4.69, 9.17) is 32.7 Å². The Labute approximate surface area is 143 Å². The number of anilines is 1. The first-order chi connectivity index (χ1) is 11.0. The van der Waals surface area contributed by atoms with Gasteiger partial charge in [0.2, 0.25) is 0 Å². The van der Waals surface area contributed by atoms with Crippen molar-refractivity contribution in [3.63, 3.8) is 0 Å². The smallest absolute Gasteiger partial charge is 0.338 e. The first-order valence-corrected chi connectivity index (χ1v) is 7.31. The van der Waals surface area contributed by atoms with E-state index in [1.807, 2.05) is 0 Å². The Kier molecular flexibility index (Phi) is 5.84. The maximum atomic E-state index is 11.9. The molecule has 120 valence electrons. The van der Waals surface area contributed by atoms with Crippen LogP contribution in [-0.4, -0.2) is 25.6 Å². The summed E-state index contributed by atoms with van der Waals surface area (Å²) in [7, 11) is 1.49. The second-order valence-electron chi connectivity index (χ2n) is 4.48. The molecule has 0 saturated heterocycles. The van der Waals surface area contributed by atoms with Crippen LogP contribution in [0.5, 0.6) is 5.75 Å². The minimum Gasteiger partial charge on any atom is -0.497 e. The fraction of sp³-hybridized carbons (Fsp3) is 0.125. The molecule has 7 heteroatoms. The molecule has 0 atom stereocenters. The van der Waals surface area contributed by atoms with Crippen molar-refractivity contribution in [3.05, 3.63) is 58.1 Å². The monoisotopic (exact) mass is 353 g/mol. The number of esters is 1. The van der Waals surface area contributed by atoms with Crippen LogP contribution in [0.25, 0.3) is 0 Å². The summed E-state index contributed by atoms with van der Waals surface area (Å²) < 4.78 is 9.97. The number of carbonyl (C=O) groups is 2. The Bertz CT molecular complexity index is 734. The molecular formula is C16H13Cl2NO4. The molecular weight excluding hydrogens is 341 g/mol. The van der Waals surface area contributed by atoms with Gasteiger partial charge in [0.05, 0.1) is 23.4 Å². The predicted molar refractivity (Wildman–Crippen MR) is 88.4 cm³/mol. The number of halogens is 2. The van der Waals surface area contributed by atoms with E-state index in [9.17, 15) is 9.59 Å². The standard InChI is InChI=1S/C16H13Cl2NO4/c1-22-12-4-2-3-10(7-12)16(21)23-9-15(20)19-14-8-11(17)5-6-13(14)18/h2-8H,9H2,1H3,(H,19,20). The van der Waals surface area contributed by atoms with Crippen LogP contribution in [0.1, 0.15) is 10.4 Å². The summed E-state index contributed by atoms with van der Waals surface area (Å²) in [6.07, 6.45) is 0. The second kappa shape index (κ2) is 7.85. The van der Waals surface area contributed by atoms with Crippen LogP contribution in [0.2, 0.25) is 10.0 Å². The number of benzene rings is 2. The van der Waals surface area contributed by atoms with Gasteiger partial charge >= 0.3 is 5.97 Å². The third-order valence-electron chi connectivity index (χ3n) is 2.84. The number of carbonyl (C=O) groups excluding carboxylic acids is 2. The van der Waals surface area contributed by atoms with Gasteiger partial charge in [0.1, 0.15) is 5.75 Å². The molecule has 0 bridgehead atoms. The van der Waals surface area contributed by atoms with Gasteiger partial charge in [-0.3, -0.25) is 4.79 Å². The van der Waals surface area contributed by atoms with Crippen molar-refractivity contribution < 1.29 is 19.1 Å². The number of rotatable bonds is 5. The zero-order valence-corrected chi connectivity index (χ0v) is 13.6. The molecule has 2 aromatic carbocycles. The fourth-order valence-electron chi connectivity index (χ4n) is 1.74. The summed E-state index contributed by atoms with van der Waals surface area (Å²) in [6.45, 7) is -0.446. The van der Waals surface area contributed by atoms with E-state index in [1.54, 1.807) is 30.3 Å². The number of ether oxygens (including phenoxy) is 2. The lowest BCUT2D eigenvalue weighted by Gasteiger charge is -2.09. The van der Waals surface area contributed by atoms with Gasteiger partial charge in [-0.1, -0.05) is 29.3 Å². The third-order valence-corrected chi connectivity index (χ3v) is 3.41. The topological polar surface area (TPSA) is 64.6 Å². The van der Waals surface area contributed by atoms with Crippen molar-refractivity contribution in [2.75, 3.05) is 19.0 Å². The number of hydrogen-bond donors (Lipinski definition) is 1. The predicted octanol–water partition coefficient (Wildman–Crippen LogP) is 3.80. The fourth-order valence-corrected chi connectivity index (χ4v) is 2.08. The number of nitrogens with one attached hydrogen (secondary N) is 1. The van der Waals surface area contributed by atoms with Gasteiger partial charge in [-0.25, -0.2) is 4.79 Å². The molecule has 0 aliphatic rings. The van der Waals surface area contributed by atoms with Crippen molar-refractivity contribution in [2.24, 2.45) is 0 Å². The minimum absolute atomic E-state index is 0.290. The largest absolute Gasteiger partial charge is 0.497 e. The first-order valence-electron chi connectivity index (χ1n) is 6.55. The Morgan fingerprint density at radius 2 is 1.91 bits per heavy atom. The molecule has 0 aromatic heterocycles. The summed E-state index contributed by atoms with van der Waals surface area (Å²) in [5.41, 5.74) is 0.638. The van der Waals surface area contributed by atoms with E-state index >= 15 is 0 Å². The number of hydrogen-bond acceptors (Lipinski definition) is 4. The molecule has 5 nitrogen and oxygen atoms in total. The van der Waals surface area contributed by atoms with Crippen LogP contribution in [0.3, 0.4) is 0 Å². The van der Waals surface area contributed by atoms with Gasteiger partial charge in [-0.2, -0.15) is 0 Å². The Hall–Kier alpha value is -2.24. The van der Waals surface area contributed by atoms with Crippen molar-refractivity contribution in [2.45, 2.75) is 0 Å². The van der Waals surface area contributed by atoms with Crippen molar-refractivity contribution in [1.82, 2.24) is 0 Å². The van der Waals surface area contributed by atoms with Crippen LogP contribution in [0.15, 0.2) is 42.5 Å². The average Bonchev–Trinajstić information content (AvgIpc) is 2.56. The molecule has 2 aromatic rings. The molecule has 0 fully saturated rings. The van der Waals surface area contributed by atoms with Gasteiger partial charge in [-0.05, 0) is 36.4 Å². The van der Waals surface area contributed by atoms with E-state index in [0.29, 0.717) is 21.5 Å². The quantitative estimate of drug-likeness (QED) is 0.830. The van der Waals surface area contributed by atoms with Gasteiger partial charge < -0.3 is 14.8 Å². The van der Waals surface area contributed by atoms with Crippen LogP contribution < -0.4 is 10.1 Å². The van der Waals surface area contributed by atoms with Crippen LogP contribution >= 0.6 is 23.2 Å². The molecule has 0 saturated carbocycles. The molecule has 1 N–H and O–H groups in total. The van der Waals surface area contributed by atoms with Crippen molar-refractivity contribution >= 4 is 40.8 Å². The highest BCUT2D eigenvalue weighted by Crippen LogP contribution is 2.25. The molecule has 2 rings (SSSR count). The van der Waals surface area contributed by atoms with E-state index in [2.05, 4.69) is 5.32 Å². The van der Waals surface area contributed by atoms with Crippen LogP contribution in [-0.2, 0) is 9.53 Å². The zero-order valence-electron chi connectivity index (χ0n) is 12.1. The van der Waals surface area contributed by atoms with Gasteiger partial charge in [-0.15, -0.1) is 0 Å². The molecule has 1 amide bonds. The Balaban J connectivity index is 1.93. The zero-order chi connectivity index (χ0) is 16.8. The van der Waals surface area contributed by atoms with Crippen molar-refractivity contribution in [3.8, 4) is 5.75 Å². The first kappa shape index (κ1) is 17.1. The maximum absolute atomic E-state index is 11.9. The van der Waals surface area contributed by atoms with Gasteiger partial charge in [0, 0.05) is 5.02 Å². The lowest BCUT2D eigenvalue weighted by atomic mass is 10.2. The lowest BCUT2D eigenvalue weighted by molar-refractivity contribution is -0.119. The summed E-state index contributed by atoms with van der Waals surface area (Å²) >= 11 is 11.8. The summed E-state index contributed by atoms with van der Waals surface area (Å²) in [4.78, 5) is 23.7. The normalized spacial score (nSPS) is 10.0. The van der Waals surface area contributed by atoms with E-state index in [0.717, 1.165) is 0 Å². The number of methoxy groups -OCH3 is 1. The highest BCUT2D eigenvalue weighted by molar-refractivity contribution is 6.35. The molecule has 0 heterocycles. The molecule has 0 aliphatic heterocycles. The van der Waals surface area contributed by atoms with Crippen LogP contribution in [0.4, 0.5) is 5.69 Å². The molecule has 0 aliphatic carbocycles. The van der Waals surface area contributed by atoms with Crippen molar-refractivity contribution in [1.29, 1.82) is 0 Å². The summed E-state index contributed by atoms with van der Waals surface area (Å²) in [6, 6.07) is 11.1. The van der Waals surface area contributed by atoms with Gasteiger partial charge in [0.25, 0.3) is 5.91 Å². The highest BCUT2D eigenvalue weighted by atomic mass is 35.5. The van der Waals surface area contributed by atoms with Crippen LogP contribution in [0, 0.1) is 0 Å². The average molecular weight is 354 g/mol.